The molecule has 1 heterocycles. The Balaban J connectivity index is 1.56. The van der Waals surface area contributed by atoms with Gasteiger partial charge in [-0.3, -0.25) is 24.6 Å². The molecule has 8 nitrogen and oxygen atoms in total. The highest BCUT2D eigenvalue weighted by atomic mass is 127. The van der Waals surface area contributed by atoms with E-state index in [1.165, 1.54) is 31.4 Å². The van der Waals surface area contributed by atoms with Crippen LogP contribution in [0.2, 0.25) is 0 Å². The van der Waals surface area contributed by atoms with Crippen molar-refractivity contribution in [2.75, 3.05) is 7.11 Å². The molecular weight excluding hydrogens is 602 g/mol. The Bertz CT molecular complexity index is 1400. The number of carbonyl (C=O) groups excluding carboxylic acids is 2. The number of imide groups is 1. The van der Waals surface area contributed by atoms with Crippen molar-refractivity contribution < 1.29 is 28.4 Å². The first-order chi connectivity index (χ1) is 17.3. The van der Waals surface area contributed by atoms with Gasteiger partial charge in [0.2, 0.25) is 0 Å². The number of nitrogens with zero attached hydrogens (tertiary/aromatic N) is 2. The van der Waals surface area contributed by atoms with Crippen LogP contribution in [-0.4, -0.2) is 28.1 Å². The molecule has 1 saturated heterocycles. The standard InChI is InChI=1S/C25H18FIN2O6S/c1-34-21-11-15(10-19(27)23(21)35-14-17-7-2-4-8-18(17)26)12-22-24(30)28(25(31)36-22)13-16-6-3-5-9-20(16)29(32)33/h2-12H,13-14H2,1H3/b22-12-. The minimum atomic E-state index is -0.547. The third-order valence-electron chi connectivity index (χ3n) is 5.27. The fraction of sp³-hybridized carbons (Fsp3) is 0.120. The Hall–Kier alpha value is -3.45. The average molecular weight is 620 g/mol. The van der Waals surface area contributed by atoms with Crippen molar-refractivity contribution in [1.82, 2.24) is 4.90 Å². The molecule has 1 aliphatic rings. The first-order valence-corrected chi connectivity index (χ1v) is 12.4. The van der Waals surface area contributed by atoms with Crippen LogP contribution in [0.25, 0.3) is 6.08 Å². The normalized spacial score (nSPS) is 14.4. The molecule has 11 heteroatoms. The van der Waals surface area contributed by atoms with E-state index < -0.39 is 16.1 Å². The van der Waals surface area contributed by atoms with Crippen molar-refractivity contribution in [2.24, 2.45) is 0 Å². The molecule has 1 fully saturated rings. The fourth-order valence-corrected chi connectivity index (χ4v) is 5.13. The monoisotopic (exact) mass is 620 g/mol. The molecule has 0 aromatic heterocycles. The predicted molar refractivity (Wildman–Crippen MR) is 141 cm³/mol. The van der Waals surface area contributed by atoms with Gasteiger partial charge in [0.1, 0.15) is 12.4 Å². The smallest absolute Gasteiger partial charge is 0.293 e. The summed E-state index contributed by atoms with van der Waals surface area (Å²) in [7, 11) is 1.46. The Morgan fingerprint density at radius 2 is 1.81 bits per heavy atom. The number of benzene rings is 3. The molecule has 0 unspecified atom stereocenters. The molecule has 2 amide bonds. The molecule has 3 aromatic rings. The van der Waals surface area contributed by atoms with Crippen LogP contribution >= 0.6 is 34.4 Å². The van der Waals surface area contributed by atoms with E-state index in [1.807, 2.05) is 0 Å². The van der Waals surface area contributed by atoms with Gasteiger partial charge in [-0.05, 0) is 64.2 Å². The van der Waals surface area contributed by atoms with Crippen molar-refractivity contribution in [3.8, 4) is 11.5 Å². The topological polar surface area (TPSA) is 99.0 Å². The Kier molecular flexibility index (Phi) is 7.89. The van der Waals surface area contributed by atoms with E-state index >= 15 is 0 Å². The summed E-state index contributed by atoms with van der Waals surface area (Å²) < 4.78 is 25.9. The van der Waals surface area contributed by atoms with Gasteiger partial charge >= 0.3 is 0 Å². The number of hydrogen-bond donors (Lipinski definition) is 0. The maximum atomic E-state index is 13.9. The highest BCUT2D eigenvalue weighted by molar-refractivity contribution is 14.1. The van der Waals surface area contributed by atoms with Gasteiger partial charge in [-0.15, -0.1) is 0 Å². The summed E-state index contributed by atoms with van der Waals surface area (Å²) in [6.45, 7) is -0.203. The third-order valence-corrected chi connectivity index (χ3v) is 6.98. The van der Waals surface area contributed by atoms with Gasteiger partial charge in [-0.1, -0.05) is 36.4 Å². The molecule has 0 radical (unpaired) electrons. The van der Waals surface area contributed by atoms with E-state index in [9.17, 15) is 24.1 Å². The van der Waals surface area contributed by atoms with Crippen LogP contribution in [-0.2, 0) is 17.9 Å². The summed E-state index contributed by atoms with van der Waals surface area (Å²) in [5.74, 6) is -0.122. The highest BCUT2D eigenvalue weighted by Crippen LogP contribution is 2.38. The molecule has 0 spiro atoms. The SMILES string of the molecule is COc1cc(/C=C2\SC(=O)N(Cc3ccccc3[N+](=O)[O-])C2=O)cc(I)c1OCc1ccccc1F. The molecule has 4 rings (SSSR count). The Labute approximate surface area is 223 Å². The number of nitro benzene ring substituents is 1. The first kappa shape index (κ1) is 25.6. The number of halogens is 2. The van der Waals surface area contributed by atoms with Gasteiger partial charge in [0.25, 0.3) is 16.8 Å². The molecule has 36 heavy (non-hydrogen) atoms. The molecule has 0 aliphatic carbocycles. The van der Waals surface area contributed by atoms with Gasteiger partial charge in [0, 0.05) is 17.2 Å². The molecular formula is C25H18FIN2O6S. The number of amides is 2. The number of thioether (sulfide) groups is 1. The first-order valence-electron chi connectivity index (χ1n) is 10.5. The minimum Gasteiger partial charge on any atom is -0.493 e. The number of nitro groups is 1. The van der Waals surface area contributed by atoms with Crippen LogP contribution in [0, 0.1) is 19.5 Å². The lowest BCUT2D eigenvalue weighted by molar-refractivity contribution is -0.385. The molecule has 0 N–H and O–H groups in total. The van der Waals surface area contributed by atoms with E-state index in [2.05, 4.69) is 22.6 Å². The minimum absolute atomic E-state index is 0.00287. The van der Waals surface area contributed by atoms with Crippen molar-refractivity contribution in [3.05, 3.63) is 102 Å². The van der Waals surface area contributed by atoms with Crippen molar-refractivity contribution >= 4 is 57.3 Å². The van der Waals surface area contributed by atoms with Crippen LogP contribution in [0.3, 0.4) is 0 Å². The highest BCUT2D eigenvalue weighted by Gasteiger charge is 2.36. The molecule has 0 atom stereocenters. The molecule has 0 saturated carbocycles. The van der Waals surface area contributed by atoms with E-state index in [-0.39, 0.29) is 35.1 Å². The fourth-order valence-electron chi connectivity index (χ4n) is 3.51. The van der Waals surface area contributed by atoms with E-state index in [1.54, 1.807) is 42.5 Å². The predicted octanol–water partition coefficient (Wildman–Crippen LogP) is 6.16. The lowest BCUT2D eigenvalue weighted by atomic mass is 10.1. The summed E-state index contributed by atoms with van der Waals surface area (Å²) in [6.07, 6.45) is 1.55. The zero-order valence-electron chi connectivity index (χ0n) is 18.8. The Morgan fingerprint density at radius 3 is 2.50 bits per heavy atom. The molecule has 3 aromatic carbocycles. The Morgan fingerprint density at radius 1 is 1.11 bits per heavy atom. The quantitative estimate of drug-likeness (QED) is 0.129. The van der Waals surface area contributed by atoms with Crippen molar-refractivity contribution in [2.45, 2.75) is 13.2 Å². The number of hydrogen-bond acceptors (Lipinski definition) is 7. The second-order valence-corrected chi connectivity index (χ2v) is 9.72. The lowest BCUT2D eigenvalue weighted by Crippen LogP contribution is -2.27. The second-order valence-electron chi connectivity index (χ2n) is 7.57. The molecule has 0 bridgehead atoms. The number of para-hydroxylation sites is 1. The van der Waals surface area contributed by atoms with E-state index in [0.717, 1.165) is 16.7 Å². The maximum absolute atomic E-state index is 13.9. The van der Waals surface area contributed by atoms with Gasteiger partial charge in [0.05, 0.1) is 27.1 Å². The zero-order valence-corrected chi connectivity index (χ0v) is 21.7. The maximum Gasteiger partial charge on any atom is 0.293 e. The summed E-state index contributed by atoms with van der Waals surface area (Å²) in [5.41, 5.74) is 1.09. The van der Waals surface area contributed by atoms with Crippen LogP contribution in [0.5, 0.6) is 11.5 Å². The molecule has 1 aliphatic heterocycles. The largest absolute Gasteiger partial charge is 0.493 e. The summed E-state index contributed by atoms with van der Waals surface area (Å²) in [5, 5.41) is 10.8. The number of rotatable bonds is 8. The van der Waals surface area contributed by atoms with Crippen LogP contribution < -0.4 is 9.47 Å². The third kappa shape index (κ3) is 5.51. The lowest BCUT2D eigenvalue weighted by Gasteiger charge is -2.14. The summed E-state index contributed by atoms with van der Waals surface area (Å²) in [6, 6.07) is 15.7. The summed E-state index contributed by atoms with van der Waals surface area (Å²) >= 11 is 2.81. The summed E-state index contributed by atoms with van der Waals surface area (Å²) in [4.78, 5) is 37.4. The zero-order chi connectivity index (χ0) is 25.8. The van der Waals surface area contributed by atoms with E-state index in [0.29, 0.717) is 26.2 Å². The van der Waals surface area contributed by atoms with Gasteiger partial charge in [-0.25, -0.2) is 4.39 Å². The van der Waals surface area contributed by atoms with Crippen LogP contribution in [0.4, 0.5) is 14.9 Å². The molecule has 184 valence electrons. The van der Waals surface area contributed by atoms with Crippen LogP contribution in [0.15, 0.2) is 65.6 Å². The van der Waals surface area contributed by atoms with Crippen molar-refractivity contribution in [3.63, 3.8) is 0 Å². The van der Waals surface area contributed by atoms with Crippen molar-refractivity contribution in [1.29, 1.82) is 0 Å². The number of methoxy groups -OCH3 is 1. The van der Waals surface area contributed by atoms with E-state index in [4.69, 9.17) is 9.47 Å². The van der Waals surface area contributed by atoms with Gasteiger partial charge < -0.3 is 9.47 Å². The second kappa shape index (κ2) is 11.1. The number of ether oxygens (including phenoxy) is 2. The average Bonchev–Trinajstić information content (AvgIpc) is 3.11. The van der Waals surface area contributed by atoms with Crippen LogP contribution in [0.1, 0.15) is 16.7 Å². The number of carbonyl (C=O) groups is 2. The van der Waals surface area contributed by atoms with Gasteiger partial charge in [0.15, 0.2) is 11.5 Å². The van der Waals surface area contributed by atoms with Gasteiger partial charge in [-0.2, -0.15) is 0 Å².